The summed E-state index contributed by atoms with van der Waals surface area (Å²) in [6.07, 6.45) is 2.18. The molecule has 2 aromatic heterocycles. The third kappa shape index (κ3) is 2.06. The summed E-state index contributed by atoms with van der Waals surface area (Å²) in [5.41, 5.74) is 8.78. The smallest absolute Gasteiger partial charge is 0.202 e. The van der Waals surface area contributed by atoms with Crippen LogP contribution in [-0.2, 0) is 11.3 Å². The first-order valence-corrected chi connectivity index (χ1v) is 6.41. The van der Waals surface area contributed by atoms with Gasteiger partial charge in [0.2, 0.25) is 5.95 Å². The number of fused-ring (bicyclic) bond motifs is 1. The van der Waals surface area contributed by atoms with Crippen molar-refractivity contribution >= 4 is 17.1 Å². The summed E-state index contributed by atoms with van der Waals surface area (Å²) in [6.45, 7) is 4.58. The third-order valence-corrected chi connectivity index (χ3v) is 3.54. The van der Waals surface area contributed by atoms with Gasteiger partial charge in [0.15, 0.2) is 5.65 Å². The highest BCUT2D eigenvalue weighted by Gasteiger charge is 2.18. The van der Waals surface area contributed by atoms with Crippen molar-refractivity contribution in [2.45, 2.75) is 26.3 Å². The van der Waals surface area contributed by atoms with Crippen molar-refractivity contribution < 1.29 is 4.74 Å². The minimum absolute atomic E-state index is 0.564. The van der Waals surface area contributed by atoms with Crippen LogP contribution >= 0.6 is 0 Å². The molecule has 0 saturated carbocycles. The lowest BCUT2D eigenvalue weighted by Gasteiger charge is -2.22. The maximum atomic E-state index is 6.00. The number of ether oxygens (including phenoxy) is 1. The van der Waals surface area contributed by atoms with Crippen LogP contribution < -0.4 is 5.73 Å². The first kappa shape index (κ1) is 11.5. The van der Waals surface area contributed by atoms with Gasteiger partial charge in [-0.2, -0.15) is 0 Å². The number of nitrogens with two attached hydrogens (primary N) is 1. The molecule has 1 fully saturated rings. The van der Waals surface area contributed by atoms with Crippen LogP contribution in [0.4, 0.5) is 5.95 Å². The monoisotopic (exact) mass is 246 g/mol. The Kier molecular flexibility index (Phi) is 2.91. The van der Waals surface area contributed by atoms with Crippen LogP contribution in [0, 0.1) is 12.8 Å². The summed E-state index contributed by atoms with van der Waals surface area (Å²) in [6, 6.07) is 3.95. The molecule has 0 atom stereocenters. The first-order valence-electron chi connectivity index (χ1n) is 6.41. The van der Waals surface area contributed by atoms with E-state index in [1.54, 1.807) is 0 Å². The predicted octanol–water partition coefficient (Wildman–Crippen LogP) is 1.75. The van der Waals surface area contributed by atoms with Gasteiger partial charge in [0.1, 0.15) is 5.52 Å². The minimum atomic E-state index is 0.564. The van der Waals surface area contributed by atoms with Crippen molar-refractivity contribution in [2.24, 2.45) is 5.92 Å². The van der Waals surface area contributed by atoms with E-state index in [1.165, 1.54) is 0 Å². The van der Waals surface area contributed by atoms with Crippen molar-refractivity contribution in [1.29, 1.82) is 0 Å². The molecule has 0 spiro atoms. The summed E-state index contributed by atoms with van der Waals surface area (Å²) in [7, 11) is 0. The number of hydrogen-bond acceptors (Lipinski definition) is 4. The minimum Gasteiger partial charge on any atom is -0.381 e. The first-order chi connectivity index (χ1) is 8.74. The number of nitrogens with zero attached hydrogens (tertiary/aromatic N) is 3. The molecule has 1 aliphatic rings. The molecule has 2 aromatic rings. The molecule has 5 nitrogen and oxygen atoms in total. The highest BCUT2D eigenvalue weighted by atomic mass is 16.5. The Labute approximate surface area is 106 Å². The fraction of sp³-hybridized carbons (Fsp3) is 0.538. The fourth-order valence-electron chi connectivity index (χ4n) is 2.48. The maximum absolute atomic E-state index is 6.00. The van der Waals surface area contributed by atoms with E-state index < -0.39 is 0 Å². The van der Waals surface area contributed by atoms with Gasteiger partial charge in [-0.25, -0.2) is 9.97 Å². The largest absolute Gasteiger partial charge is 0.381 e. The van der Waals surface area contributed by atoms with Gasteiger partial charge < -0.3 is 10.5 Å². The van der Waals surface area contributed by atoms with Crippen LogP contribution in [0.3, 0.4) is 0 Å². The summed E-state index contributed by atoms with van der Waals surface area (Å²) < 4.78 is 7.42. The van der Waals surface area contributed by atoms with E-state index in [-0.39, 0.29) is 0 Å². The predicted molar refractivity (Wildman–Crippen MR) is 70.2 cm³/mol. The van der Waals surface area contributed by atoms with Crippen LogP contribution in [0.1, 0.15) is 18.5 Å². The summed E-state index contributed by atoms with van der Waals surface area (Å²) in [4.78, 5) is 8.92. The van der Waals surface area contributed by atoms with E-state index in [9.17, 15) is 0 Å². The number of nitrogen functional groups attached to an aromatic ring is 1. The number of anilines is 1. The number of aryl methyl sites for hydroxylation is 1. The van der Waals surface area contributed by atoms with Gasteiger partial charge in [-0.15, -0.1) is 0 Å². The third-order valence-electron chi connectivity index (χ3n) is 3.54. The zero-order chi connectivity index (χ0) is 12.5. The molecular formula is C13H18N4O. The van der Waals surface area contributed by atoms with Crippen LogP contribution in [0.25, 0.3) is 11.2 Å². The maximum Gasteiger partial charge on any atom is 0.202 e. The number of imidazole rings is 1. The van der Waals surface area contributed by atoms with Crippen molar-refractivity contribution in [2.75, 3.05) is 18.9 Å². The van der Waals surface area contributed by atoms with Gasteiger partial charge >= 0.3 is 0 Å². The molecule has 0 aromatic carbocycles. The Morgan fingerprint density at radius 1 is 1.33 bits per heavy atom. The lowest BCUT2D eigenvalue weighted by atomic mass is 10.0. The Bertz CT molecular complexity index is 557. The van der Waals surface area contributed by atoms with Crippen molar-refractivity contribution in [1.82, 2.24) is 14.5 Å². The van der Waals surface area contributed by atoms with Crippen LogP contribution in [0.15, 0.2) is 12.1 Å². The normalized spacial score (nSPS) is 17.4. The molecule has 2 N–H and O–H groups in total. The quantitative estimate of drug-likeness (QED) is 0.876. The summed E-state index contributed by atoms with van der Waals surface area (Å²) in [5, 5.41) is 0. The zero-order valence-electron chi connectivity index (χ0n) is 10.6. The topological polar surface area (TPSA) is 66.0 Å². The lowest BCUT2D eigenvalue weighted by molar-refractivity contribution is 0.0617. The van der Waals surface area contributed by atoms with Crippen LogP contribution in [-0.4, -0.2) is 27.7 Å². The van der Waals surface area contributed by atoms with Crippen molar-refractivity contribution in [3.05, 3.63) is 17.8 Å². The van der Waals surface area contributed by atoms with Gasteiger partial charge in [0, 0.05) is 25.5 Å². The van der Waals surface area contributed by atoms with Gasteiger partial charge in [0.05, 0.1) is 0 Å². The molecule has 96 valence electrons. The fourth-order valence-corrected chi connectivity index (χ4v) is 2.48. The van der Waals surface area contributed by atoms with Crippen molar-refractivity contribution in [3.8, 4) is 0 Å². The molecule has 1 aliphatic heterocycles. The van der Waals surface area contributed by atoms with E-state index in [0.29, 0.717) is 11.9 Å². The van der Waals surface area contributed by atoms with Gasteiger partial charge in [-0.3, -0.25) is 4.57 Å². The Morgan fingerprint density at radius 2 is 2.11 bits per heavy atom. The molecule has 0 amide bonds. The van der Waals surface area contributed by atoms with E-state index >= 15 is 0 Å². The highest BCUT2D eigenvalue weighted by Crippen LogP contribution is 2.22. The second-order valence-corrected chi connectivity index (χ2v) is 4.93. The second kappa shape index (κ2) is 4.57. The summed E-state index contributed by atoms with van der Waals surface area (Å²) >= 11 is 0. The molecule has 1 saturated heterocycles. The molecule has 5 heteroatoms. The van der Waals surface area contributed by atoms with E-state index in [4.69, 9.17) is 10.5 Å². The standard InChI is InChI=1S/C13H18N4O/c1-9-2-3-11-12(15-9)17(13(14)16-11)8-10-4-6-18-7-5-10/h2-3,10H,4-8H2,1H3,(H2,14,16). The number of hydrogen-bond donors (Lipinski definition) is 1. The SMILES string of the molecule is Cc1ccc2nc(N)n(CC3CCOCC3)c2n1. The van der Waals surface area contributed by atoms with Crippen LogP contribution in [0.2, 0.25) is 0 Å². The van der Waals surface area contributed by atoms with Crippen molar-refractivity contribution in [3.63, 3.8) is 0 Å². The number of pyridine rings is 1. The second-order valence-electron chi connectivity index (χ2n) is 4.93. The zero-order valence-corrected chi connectivity index (χ0v) is 10.6. The lowest BCUT2D eigenvalue weighted by Crippen LogP contribution is -2.21. The average Bonchev–Trinajstić information content (AvgIpc) is 2.67. The van der Waals surface area contributed by atoms with Gasteiger partial charge in [0.25, 0.3) is 0 Å². The van der Waals surface area contributed by atoms with E-state index in [2.05, 4.69) is 9.97 Å². The molecule has 0 radical (unpaired) electrons. The van der Waals surface area contributed by atoms with Crippen LogP contribution in [0.5, 0.6) is 0 Å². The molecule has 0 bridgehead atoms. The van der Waals surface area contributed by atoms with E-state index in [0.717, 1.165) is 49.5 Å². The Morgan fingerprint density at radius 3 is 2.89 bits per heavy atom. The number of rotatable bonds is 2. The highest BCUT2D eigenvalue weighted by molar-refractivity contribution is 5.74. The Balaban J connectivity index is 1.94. The Hall–Kier alpha value is -1.62. The number of aromatic nitrogens is 3. The molecular weight excluding hydrogens is 228 g/mol. The molecule has 18 heavy (non-hydrogen) atoms. The molecule has 3 rings (SSSR count). The van der Waals surface area contributed by atoms with Gasteiger partial charge in [-0.05, 0) is 37.8 Å². The molecule has 0 unspecified atom stereocenters. The molecule has 3 heterocycles. The molecule has 0 aliphatic carbocycles. The van der Waals surface area contributed by atoms with Gasteiger partial charge in [-0.1, -0.05) is 0 Å². The van der Waals surface area contributed by atoms with E-state index in [1.807, 2.05) is 23.6 Å². The average molecular weight is 246 g/mol. The summed E-state index contributed by atoms with van der Waals surface area (Å²) in [5.74, 6) is 1.18.